The molecule has 3 heteroatoms. The first-order valence-corrected chi connectivity index (χ1v) is 13.6. The van der Waals surface area contributed by atoms with Crippen LogP contribution in [0.3, 0.4) is 0 Å². The fourth-order valence-corrected chi connectivity index (χ4v) is 10.7. The van der Waals surface area contributed by atoms with E-state index in [4.69, 9.17) is 5.11 Å². The van der Waals surface area contributed by atoms with E-state index in [1.807, 2.05) is 6.08 Å². The Morgan fingerprint density at radius 1 is 1.00 bits per heavy atom. The number of fused-ring (bicyclic) bond motifs is 2. The van der Waals surface area contributed by atoms with Gasteiger partial charge >= 0.3 is 5.97 Å². The summed E-state index contributed by atoms with van der Waals surface area (Å²) in [5.41, 5.74) is 2.19. The maximum absolute atomic E-state index is 11.1. The molecular formula is C29H46O3. The first-order chi connectivity index (χ1) is 15.0. The van der Waals surface area contributed by atoms with E-state index in [2.05, 4.69) is 27.7 Å². The molecule has 9 unspecified atom stereocenters. The summed E-state index contributed by atoms with van der Waals surface area (Å²) in [6, 6.07) is 0. The summed E-state index contributed by atoms with van der Waals surface area (Å²) in [5, 5.41) is 19.9. The van der Waals surface area contributed by atoms with E-state index < -0.39 is 5.97 Å². The standard InChI is InChI=1S/C29H46O3/c1-18(7-6-8-19(2)25(31)32)20-9-10-21-22-11-12-23-26(3,4)24(30)13-14-29(23)17-28(22,29)16-15-27(20,21)5/h8,18,20-24,30H,6-7,9-17H2,1-5H3,(H,31,32). The molecule has 0 amide bonds. The van der Waals surface area contributed by atoms with Crippen LogP contribution in [0.5, 0.6) is 0 Å². The number of aliphatic hydroxyl groups excluding tert-OH is 1. The molecule has 32 heavy (non-hydrogen) atoms. The van der Waals surface area contributed by atoms with Crippen molar-refractivity contribution in [2.45, 2.75) is 111 Å². The molecule has 5 aliphatic rings. The van der Waals surface area contributed by atoms with Crippen molar-refractivity contribution in [2.75, 3.05) is 0 Å². The number of carbonyl (C=O) groups is 1. The third kappa shape index (κ3) is 2.91. The van der Waals surface area contributed by atoms with E-state index >= 15 is 0 Å². The number of allylic oxidation sites excluding steroid dienone is 1. The van der Waals surface area contributed by atoms with Gasteiger partial charge in [-0.25, -0.2) is 4.79 Å². The van der Waals surface area contributed by atoms with E-state index in [1.165, 1.54) is 51.4 Å². The highest BCUT2D eigenvalue weighted by molar-refractivity contribution is 5.85. The maximum Gasteiger partial charge on any atom is 0.330 e. The Morgan fingerprint density at radius 2 is 1.72 bits per heavy atom. The van der Waals surface area contributed by atoms with Gasteiger partial charge in [-0.2, -0.15) is 0 Å². The molecular weight excluding hydrogens is 396 g/mol. The lowest BCUT2D eigenvalue weighted by Crippen LogP contribution is -2.54. The van der Waals surface area contributed by atoms with Gasteiger partial charge in [0.25, 0.3) is 0 Å². The van der Waals surface area contributed by atoms with Crippen LogP contribution in [0.4, 0.5) is 0 Å². The minimum absolute atomic E-state index is 0.0851. The van der Waals surface area contributed by atoms with Crippen LogP contribution in [0.2, 0.25) is 0 Å². The van der Waals surface area contributed by atoms with Crippen LogP contribution in [0.15, 0.2) is 11.6 Å². The van der Waals surface area contributed by atoms with Crippen molar-refractivity contribution in [1.29, 1.82) is 0 Å². The minimum Gasteiger partial charge on any atom is -0.478 e. The fraction of sp³-hybridized carbons (Fsp3) is 0.897. The molecule has 0 aromatic heterocycles. The molecule has 180 valence electrons. The first kappa shape index (κ1) is 22.9. The Bertz CT molecular complexity index is 813. The summed E-state index contributed by atoms with van der Waals surface area (Å²) in [5.74, 6) is 3.20. The largest absolute Gasteiger partial charge is 0.478 e. The van der Waals surface area contributed by atoms with Gasteiger partial charge in [0.2, 0.25) is 0 Å². The van der Waals surface area contributed by atoms with Gasteiger partial charge in [-0.1, -0.05) is 33.8 Å². The van der Waals surface area contributed by atoms with Crippen LogP contribution in [0, 0.1) is 51.2 Å². The Kier molecular flexibility index (Phi) is 5.26. The fourth-order valence-electron chi connectivity index (χ4n) is 10.7. The molecule has 5 saturated carbocycles. The predicted octanol–water partition coefficient (Wildman–Crippen LogP) is 6.84. The monoisotopic (exact) mass is 442 g/mol. The van der Waals surface area contributed by atoms with Crippen LogP contribution in [0.1, 0.15) is 105 Å². The highest BCUT2D eigenvalue weighted by atomic mass is 16.4. The zero-order chi connectivity index (χ0) is 23.1. The van der Waals surface area contributed by atoms with Crippen molar-refractivity contribution in [2.24, 2.45) is 51.2 Å². The summed E-state index contributed by atoms with van der Waals surface area (Å²) in [6.45, 7) is 11.5. The molecule has 5 aliphatic carbocycles. The van der Waals surface area contributed by atoms with Crippen molar-refractivity contribution >= 4 is 5.97 Å². The molecule has 2 N–H and O–H groups in total. The van der Waals surface area contributed by atoms with E-state index in [0.717, 1.165) is 42.9 Å². The van der Waals surface area contributed by atoms with Gasteiger partial charge in [-0.05, 0) is 129 Å². The van der Waals surface area contributed by atoms with Gasteiger partial charge in [-0.3, -0.25) is 0 Å². The third-order valence-corrected chi connectivity index (χ3v) is 12.4. The number of hydrogen-bond donors (Lipinski definition) is 2. The highest BCUT2D eigenvalue weighted by Crippen LogP contribution is 2.87. The summed E-state index contributed by atoms with van der Waals surface area (Å²) in [4.78, 5) is 11.1. The lowest BCUT2D eigenvalue weighted by atomic mass is 9.46. The van der Waals surface area contributed by atoms with Crippen LogP contribution in [-0.4, -0.2) is 22.3 Å². The smallest absolute Gasteiger partial charge is 0.330 e. The minimum atomic E-state index is -0.782. The van der Waals surface area contributed by atoms with Crippen LogP contribution < -0.4 is 0 Å². The average Bonchev–Trinajstić information content (AvgIpc) is 3.27. The van der Waals surface area contributed by atoms with Crippen molar-refractivity contribution in [3.63, 3.8) is 0 Å². The molecule has 0 heterocycles. The van der Waals surface area contributed by atoms with Crippen molar-refractivity contribution < 1.29 is 15.0 Å². The van der Waals surface area contributed by atoms with E-state index in [1.54, 1.807) is 6.92 Å². The summed E-state index contributed by atoms with van der Waals surface area (Å²) in [7, 11) is 0. The third-order valence-electron chi connectivity index (χ3n) is 12.4. The van der Waals surface area contributed by atoms with Gasteiger partial charge < -0.3 is 10.2 Å². The SMILES string of the molecule is CC(=CCCC(C)C1CCC2C3CCC4C(C)(C)C(O)CCC45CC35CCC12C)C(=O)O. The van der Waals surface area contributed by atoms with Gasteiger partial charge in [0.15, 0.2) is 0 Å². The molecule has 0 aromatic carbocycles. The highest BCUT2D eigenvalue weighted by Gasteiger charge is 2.80. The molecule has 0 aromatic rings. The zero-order valence-corrected chi connectivity index (χ0v) is 21.1. The Morgan fingerprint density at radius 3 is 2.44 bits per heavy atom. The number of aliphatic hydroxyl groups is 1. The Balaban J connectivity index is 1.32. The van der Waals surface area contributed by atoms with Gasteiger partial charge in [0, 0.05) is 5.57 Å². The molecule has 0 bridgehead atoms. The number of hydrogen-bond acceptors (Lipinski definition) is 2. The maximum atomic E-state index is 11.1. The predicted molar refractivity (Wildman–Crippen MR) is 128 cm³/mol. The van der Waals surface area contributed by atoms with E-state index in [-0.39, 0.29) is 11.5 Å². The molecule has 2 spiro atoms. The normalized spacial score (nSPS) is 49.9. The van der Waals surface area contributed by atoms with E-state index in [9.17, 15) is 9.90 Å². The van der Waals surface area contributed by atoms with Gasteiger partial charge in [0.05, 0.1) is 6.10 Å². The number of aliphatic carboxylic acids is 1. The molecule has 0 saturated heterocycles. The quantitative estimate of drug-likeness (QED) is 0.458. The Labute approximate surface area is 195 Å². The Hall–Kier alpha value is -0.830. The van der Waals surface area contributed by atoms with Crippen molar-refractivity contribution in [1.82, 2.24) is 0 Å². The lowest BCUT2D eigenvalue weighted by Gasteiger charge is -2.59. The average molecular weight is 443 g/mol. The topological polar surface area (TPSA) is 57.5 Å². The molecule has 0 radical (unpaired) electrons. The van der Waals surface area contributed by atoms with Crippen molar-refractivity contribution in [3.8, 4) is 0 Å². The molecule has 9 atom stereocenters. The second-order valence-corrected chi connectivity index (χ2v) is 13.6. The summed E-state index contributed by atoms with van der Waals surface area (Å²) in [6.07, 6.45) is 15.9. The lowest BCUT2D eigenvalue weighted by molar-refractivity contribution is -0.133. The number of carboxylic acid groups (broad SMARTS) is 1. The number of carboxylic acids is 1. The molecule has 0 aliphatic heterocycles. The molecule has 5 rings (SSSR count). The molecule has 5 fully saturated rings. The van der Waals surface area contributed by atoms with E-state index in [0.29, 0.717) is 27.7 Å². The number of rotatable bonds is 5. The second kappa shape index (κ2) is 7.33. The summed E-state index contributed by atoms with van der Waals surface area (Å²) >= 11 is 0. The zero-order valence-electron chi connectivity index (χ0n) is 21.1. The van der Waals surface area contributed by atoms with Gasteiger partial charge in [0.1, 0.15) is 0 Å². The van der Waals surface area contributed by atoms with Crippen LogP contribution in [0.25, 0.3) is 0 Å². The van der Waals surface area contributed by atoms with Crippen LogP contribution >= 0.6 is 0 Å². The summed E-state index contributed by atoms with van der Waals surface area (Å²) < 4.78 is 0. The second-order valence-electron chi connectivity index (χ2n) is 13.6. The molecule has 3 nitrogen and oxygen atoms in total. The van der Waals surface area contributed by atoms with Crippen LogP contribution in [-0.2, 0) is 4.79 Å². The first-order valence-electron chi connectivity index (χ1n) is 13.6. The van der Waals surface area contributed by atoms with Crippen molar-refractivity contribution in [3.05, 3.63) is 11.6 Å². The van der Waals surface area contributed by atoms with Gasteiger partial charge in [-0.15, -0.1) is 0 Å².